The summed E-state index contributed by atoms with van der Waals surface area (Å²) in [5.74, 6) is -1.43. The molecule has 7 nitrogen and oxygen atoms in total. The van der Waals surface area contributed by atoms with Crippen LogP contribution in [0.2, 0.25) is 0 Å². The second kappa shape index (κ2) is 9.56. The number of fused-ring (bicyclic) bond motifs is 9. The van der Waals surface area contributed by atoms with Gasteiger partial charge in [-0.3, -0.25) is 14.5 Å². The number of nitrogens with zero attached hydrogens (tertiary/aromatic N) is 1. The van der Waals surface area contributed by atoms with Crippen molar-refractivity contribution in [1.29, 1.82) is 0 Å². The zero-order valence-electron chi connectivity index (χ0n) is 21.9. The number of benzene rings is 2. The average molecular weight is 593 g/mol. The Morgan fingerprint density at radius 2 is 1.75 bits per heavy atom. The summed E-state index contributed by atoms with van der Waals surface area (Å²) in [5, 5.41) is 11.1. The lowest BCUT2D eigenvalue weighted by molar-refractivity contribution is -0.157. The van der Waals surface area contributed by atoms with E-state index in [1.807, 2.05) is 42.5 Å². The van der Waals surface area contributed by atoms with Gasteiger partial charge in [0.25, 0.3) is 0 Å². The maximum absolute atomic E-state index is 13.9. The molecule has 206 valence electrons. The first-order valence-corrected chi connectivity index (χ1v) is 15.7. The first-order valence-electron chi connectivity index (χ1n) is 13.6. The smallest absolute Gasteiger partial charge is 0.327 e. The van der Waals surface area contributed by atoms with E-state index in [0.717, 1.165) is 38.3 Å². The molecular weight excluding hydrogens is 565 g/mol. The molecule has 8 atom stereocenters. The number of amides is 2. The molecule has 2 aliphatic heterocycles. The van der Waals surface area contributed by atoms with E-state index in [9.17, 15) is 19.5 Å². The van der Waals surface area contributed by atoms with Crippen LogP contribution in [0.5, 0.6) is 11.5 Å². The van der Waals surface area contributed by atoms with E-state index in [2.05, 4.69) is 17.1 Å². The maximum atomic E-state index is 13.9. The van der Waals surface area contributed by atoms with Gasteiger partial charge in [0.05, 0.1) is 16.9 Å². The maximum Gasteiger partial charge on any atom is 0.327 e. The summed E-state index contributed by atoms with van der Waals surface area (Å²) in [5.41, 5.74) is 1.10. The molecule has 1 saturated heterocycles. The predicted molar refractivity (Wildman–Crippen MR) is 154 cm³/mol. The molecule has 2 amide bonds. The van der Waals surface area contributed by atoms with Gasteiger partial charge in [0.15, 0.2) is 3.95 Å². The van der Waals surface area contributed by atoms with Gasteiger partial charge in [-0.2, -0.15) is 0 Å². The molecule has 2 N–H and O–H groups in total. The number of H-pyrrole nitrogens is 1. The number of imide groups is 1. The number of aromatic nitrogens is 1. The van der Waals surface area contributed by atoms with Crippen molar-refractivity contribution in [2.75, 3.05) is 0 Å². The zero-order chi connectivity index (χ0) is 27.9. The third-order valence-electron chi connectivity index (χ3n) is 9.12. The number of carbonyl (C=O) groups is 3. The van der Waals surface area contributed by atoms with Gasteiger partial charge in [0, 0.05) is 16.0 Å². The van der Waals surface area contributed by atoms with Crippen LogP contribution in [0, 0.1) is 39.5 Å². The number of ether oxygens (including phenoxy) is 1. The summed E-state index contributed by atoms with van der Waals surface area (Å²) in [7, 11) is 0. The number of thiazole rings is 1. The van der Waals surface area contributed by atoms with E-state index in [0.29, 0.717) is 3.95 Å². The summed E-state index contributed by atoms with van der Waals surface area (Å²) >= 11 is 8.89. The average Bonchev–Trinajstić information content (AvgIpc) is 3.65. The van der Waals surface area contributed by atoms with Crippen LogP contribution in [0.15, 0.2) is 59.6 Å². The van der Waals surface area contributed by atoms with Crippen LogP contribution in [0.1, 0.15) is 36.6 Å². The largest absolute Gasteiger partial charge is 0.480 e. The van der Waals surface area contributed by atoms with Crippen molar-refractivity contribution in [1.82, 2.24) is 9.88 Å². The predicted octanol–water partition coefficient (Wildman–Crippen LogP) is 6.18. The molecule has 2 aliphatic carbocycles. The fourth-order valence-electron chi connectivity index (χ4n) is 7.78. The molecule has 4 aliphatic rings. The van der Waals surface area contributed by atoms with Gasteiger partial charge in [-0.05, 0) is 72.1 Å². The highest BCUT2D eigenvalue weighted by atomic mass is 32.2. The van der Waals surface area contributed by atoms with Crippen LogP contribution in [0.4, 0.5) is 0 Å². The summed E-state index contributed by atoms with van der Waals surface area (Å²) in [6.45, 7) is 3.50. The number of carboxylic acids is 1. The second-order valence-corrected chi connectivity index (χ2v) is 14.4. The number of thioether (sulfide) groups is 1. The van der Waals surface area contributed by atoms with Crippen molar-refractivity contribution in [3.63, 3.8) is 0 Å². The molecular formula is C30H28N2O5S3. The highest BCUT2D eigenvalue weighted by Gasteiger charge is 2.70. The molecule has 3 heterocycles. The standard InChI is InChI=1S/C30H28N2O5S3/c1-13(2)23(29(35)36)32-27(33)21-17-12-18(22(21)28(32)34)24-20(17)19(25-26(39-24)31-30(38)40-25)14-7-6-10-16(11-14)37-15-8-4-3-5-9-15/h3-11,13,17-24H,12H2,1-2H3,(H,31,38)(H,35,36). The minimum Gasteiger partial charge on any atom is -0.480 e. The first kappa shape index (κ1) is 26.0. The Labute approximate surface area is 244 Å². The minimum absolute atomic E-state index is 0.00760. The molecule has 2 saturated carbocycles. The monoisotopic (exact) mass is 592 g/mol. The van der Waals surface area contributed by atoms with Crippen molar-refractivity contribution in [3.8, 4) is 11.5 Å². The topological polar surface area (TPSA) is 99.7 Å². The van der Waals surface area contributed by atoms with E-state index < -0.39 is 23.8 Å². The molecule has 3 fully saturated rings. The van der Waals surface area contributed by atoms with Crippen molar-refractivity contribution in [2.24, 2.45) is 35.5 Å². The SMILES string of the molecule is CC(C)C(C(=O)O)N1C(=O)C2C3CC(C2C1=O)C1C(c2cccc(Oc4ccccc4)c2)c2sc(=S)[nH]c2SC31. The molecule has 10 heteroatoms. The summed E-state index contributed by atoms with van der Waals surface area (Å²) in [6.07, 6.45) is 0.800. The highest BCUT2D eigenvalue weighted by molar-refractivity contribution is 8.00. The molecule has 0 spiro atoms. The number of carbonyl (C=O) groups excluding carboxylic acids is 2. The number of aromatic amines is 1. The highest BCUT2D eigenvalue weighted by Crippen LogP contribution is 2.69. The lowest BCUT2D eigenvalue weighted by Gasteiger charge is -2.43. The molecule has 8 unspecified atom stereocenters. The molecule has 0 radical (unpaired) electrons. The van der Waals surface area contributed by atoms with E-state index in [4.69, 9.17) is 17.0 Å². The lowest BCUT2D eigenvalue weighted by atomic mass is 9.68. The number of hydrogen-bond acceptors (Lipinski definition) is 7. The van der Waals surface area contributed by atoms with Gasteiger partial charge in [0.2, 0.25) is 11.8 Å². The minimum atomic E-state index is -1.14. The Bertz CT molecular complexity index is 1580. The van der Waals surface area contributed by atoms with Crippen LogP contribution >= 0.6 is 35.3 Å². The van der Waals surface area contributed by atoms with Crippen molar-refractivity contribution < 1.29 is 24.2 Å². The zero-order valence-corrected chi connectivity index (χ0v) is 24.3. The lowest BCUT2D eigenvalue weighted by Crippen LogP contribution is -2.49. The summed E-state index contributed by atoms with van der Waals surface area (Å²) < 4.78 is 6.88. The fraction of sp³-hybridized carbons (Fsp3) is 0.400. The number of aliphatic carboxylic acids is 1. The van der Waals surface area contributed by atoms with Crippen molar-refractivity contribution >= 4 is 53.1 Å². The summed E-state index contributed by atoms with van der Waals surface area (Å²) in [6, 6.07) is 16.6. The van der Waals surface area contributed by atoms with Crippen LogP contribution in [-0.2, 0) is 14.4 Å². The molecule has 2 bridgehead atoms. The second-order valence-electron chi connectivity index (χ2n) is 11.5. The third kappa shape index (κ3) is 3.83. The number of likely N-dealkylation sites (tertiary alicyclic amines) is 1. The van der Waals surface area contributed by atoms with Gasteiger partial charge in [-0.15, -0.1) is 23.1 Å². The summed E-state index contributed by atoms with van der Waals surface area (Å²) in [4.78, 5) is 45.4. The van der Waals surface area contributed by atoms with Crippen LogP contribution < -0.4 is 4.74 Å². The number of carboxylic acid groups (broad SMARTS) is 1. The fourth-order valence-corrected chi connectivity index (χ4v) is 11.1. The third-order valence-corrected chi connectivity index (χ3v) is 12.1. The molecule has 3 aromatic rings. The molecule has 2 aromatic carbocycles. The Hall–Kier alpha value is -2.95. The van der Waals surface area contributed by atoms with E-state index in [1.54, 1.807) is 36.9 Å². The number of hydrogen-bond donors (Lipinski definition) is 2. The Morgan fingerprint density at radius 3 is 2.45 bits per heavy atom. The van der Waals surface area contributed by atoms with Gasteiger partial charge >= 0.3 is 5.97 Å². The van der Waals surface area contributed by atoms with Gasteiger partial charge < -0.3 is 14.8 Å². The first-order chi connectivity index (χ1) is 19.2. The van der Waals surface area contributed by atoms with Crippen LogP contribution in [-0.4, -0.2) is 44.1 Å². The van der Waals surface area contributed by atoms with Crippen LogP contribution in [0.25, 0.3) is 0 Å². The Kier molecular flexibility index (Phi) is 6.21. The van der Waals surface area contributed by atoms with Crippen LogP contribution in [0.3, 0.4) is 0 Å². The van der Waals surface area contributed by atoms with Crippen molar-refractivity contribution in [3.05, 3.63) is 69.0 Å². The number of rotatable bonds is 6. The molecule has 7 rings (SSSR count). The van der Waals surface area contributed by atoms with E-state index >= 15 is 0 Å². The van der Waals surface area contributed by atoms with E-state index in [-0.39, 0.29) is 46.7 Å². The quantitative estimate of drug-likeness (QED) is 0.260. The van der Waals surface area contributed by atoms with Gasteiger partial charge in [0.1, 0.15) is 17.5 Å². The molecule has 40 heavy (non-hydrogen) atoms. The van der Waals surface area contributed by atoms with Gasteiger partial charge in [-0.1, -0.05) is 44.2 Å². The molecule has 1 aromatic heterocycles. The van der Waals surface area contributed by atoms with Gasteiger partial charge in [-0.25, -0.2) is 4.79 Å². The Morgan fingerprint density at radius 1 is 1.05 bits per heavy atom. The normalized spacial score (nSPS) is 30.8. The Balaban J connectivity index is 1.29. The van der Waals surface area contributed by atoms with E-state index in [1.165, 1.54) is 0 Å². The van der Waals surface area contributed by atoms with Crippen molar-refractivity contribution in [2.45, 2.75) is 42.5 Å². The number of nitrogens with one attached hydrogen (secondary N) is 1. The number of para-hydroxylation sites is 1.